The molecule has 11 nitrogen and oxygen atoms in total. The van der Waals surface area contributed by atoms with Crippen LogP contribution in [0.15, 0.2) is 12.3 Å². The summed E-state index contributed by atoms with van der Waals surface area (Å²) in [5, 5.41) is 0. The van der Waals surface area contributed by atoms with Crippen LogP contribution in [0.5, 0.6) is 0 Å². The van der Waals surface area contributed by atoms with Gasteiger partial charge in [-0.2, -0.15) is 0 Å². The molecular weight excluding hydrogens is 1170 g/mol. The van der Waals surface area contributed by atoms with Crippen molar-refractivity contribution in [3.8, 4) is 0 Å². The van der Waals surface area contributed by atoms with E-state index in [9.17, 15) is 24.0 Å². The van der Waals surface area contributed by atoms with Crippen molar-refractivity contribution >= 4 is 29.8 Å². The number of esters is 5. The smallest absolute Gasteiger partial charge is 0.306 e. The molecule has 0 aliphatic carbocycles. The first-order valence-electron chi connectivity index (χ1n) is 41.0. The average Bonchev–Trinajstić information content (AvgIpc) is 2.25. The summed E-state index contributed by atoms with van der Waals surface area (Å²) in [6, 6.07) is 0. The van der Waals surface area contributed by atoms with E-state index < -0.39 is 0 Å². The molecule has 6 unspecified atom stereocenters. The molecule has 0 saturated carbocycles. The average molecular weight is 1330 g/mol. The SMILES string of the molecule is C=C1CCC(CCCCCCCCCC)O1.CCCCCCCCC1(C)CCC(=O)O1.CCCCCCCCC1CCC(=O)O1.CCCCCCCCCC1(C)CCC(=O)O1.CCCCCCCCCC1CCCC(=O)O1.CCCCCCCCCCCC1CCC(=O)O1. The van der Waals surface area contributed by atoms with Crippen LogP contribution in [-0.2, 0) is 52.4 Å². The lowest BCUT2D eigenvalue weighted by Crippen LogP contribution is -2.23. The quantitative estimate of drug-likeness (QED) is 0.0326. The molecule has 11 heteroatoms. The Kier molecular flexibility index (Phi) is 58.8. The molecule has 0 bridgehead atoms. The van der Waals surface area contributed by atoms with Crippen LogP contribution in [-0.4, -0.2) is 65.5 Å². The fraction of sp³-hybridized carbons (Fsp3) is 0.916. The molecule has 6 aliphatic heterocycles. The Bertz CT molecular complexity index is 1810. The van der Waals surface area contributed by atoms with Gasteiger partial charge >= 0.3 is 29.8 Å². The number of ether oxygens (including phenoxy) is 6. The molecular formula is C83H154O11. The van der Waals surface area contributed by atoms with E-state index in [1.54, 1.807) is 0 Å². The first-order chi connectivity index (χ1) is 45.6. The van der Waals surface area contributed by atoms with Gasteiger partial charge in [-0.15, -0.1) is 0 Å². The van der Waals surface area contributed by atoms with Gasteiger partial charge in [-0.1, -0.05) is 286 Å². The normalized spacial score (nSPS) is 22.0. The number of unbranched alkanes of at least 4 members (excludes halogenated alkanes) is 37. The zero-order valence-electron chi connectivity index (χ0n) is 63.3. The second kappa shape index (κ2) is 62.2. The standard InChI is InChI=1S/C15H28O2.C15H28O.2C14H26O2.C13H24O2.C12H22O2/c1-2-3-4-5-6-7-8-9-10-11-14-12-13-15(16)17-14;1-3-4-5-6-7-8-9-10-11-15-13-12-14(2)16-15;1-3-4-5-6-7-8-9-11-14(2)12-10-13(15)16-14;1-2-3-4-5-6-7-8-10-13-11-9-12-14(15)16-13;1-3-4-5-6-7-8-10-13(2)11-9-12(14)15-13;1-2-3-4-5-6-7-8-11-9-10-12(13)14-11/h14H,2-13H2,1H3;15H,2-13H2,1H3;3-12H2,1-2H3;13H,2-12H2,1H3;3-11H2,1-2H3;11H,2-10H2,1H3. The lowest BCUT2D eigenvalue weighted by atomic mass is 9.95. The van der Waals surface area contributed by atoms with Gasteiger partial charge in [0.2, 0.25) is 0 Å². The highest BCUT2D eigenvalue weighted by Gasteiger charge is 2.36. The number of hydrogen-bond donors (Lipinski definition) is 0. The minimum Gasteiger partial charge on any atom is -0.495 e. The molecule has 6 rings (SSSR count). The van der Waals surface area contributed by atoms with Crippen LogP contribution in [0.25, 0.3) is 0 Å². The molecule has 0 radical (unpaired) electrons. The summed E-state index contributed by atoms with van der Waals surface area (Å²) in [4.78, 5) is 54.8. The van der Waals surface area contributed by atoms with Crippen molar-refractivity contribution in [1.82, 2.24) is 0 Å². The highest BCUT2D eigenvalue weighted by molar-refractivity contribution is 5.73. The van der Waals surface area contributed by atoms with Crippen LogP contribution in [0, 0.1) is 0 Å². The van der Waals surface area contributed by atoms with Crippen molar-refractivity contribution in [1.29, 1.82) is 0 Å². The van der Waals surface area contributed by atoms with E-state index in [4.69, 9.17) is 28.4 Å². The van der Waals surface area contributed by atoms with Crippen molar-refractivity contribution in [3.63, 3.8) is 0 Å². The summed E-state index contributed by atoms with van der Waals surface area (Å²) >= 11 is 0. The summed E-state index contributed by atoms with van der Waals surface area (Å²) < 4.78 is 32.0. The number of carbonyl (C=O) groups is 5. The van der Waals surface area contributed by atoms with Crippen LogP contribution in [0.4, 0.5) is 0 Å². The maximum absolute atomic E-state index is 11.1. The summed E-state index contributed by atoms with van der Waals surface area (Å²) in [6.45, 7) is 21.5. The van der Waals surface area contributed by atoms with Crippen molar-refractivity contribution < 1.29 is 52.4 Å². The second-order valence-corrected chi connectivity index (χ2v) is 29.7. The van der Waals surface area contributed by atoms with Gasteiger partial charge in [0.15, 0.2) is 0 Å². The predicted octanol–water partition coefficient (Wildman–Crippen LogP) is 25.5. The van der Waals surface area contributed by atoms with Gasteiger partial charge < -0.3 is 28.4 Å². The van der Waals surface area contributed by atoms with Crippen molar-refractivity contribution in [2.24, 2.45) is 0 Å². The molecule has 0 N–H and O–H groups in total. The third-order valence-electron chi connectivity index (χ3n) is 20.0. The molecule has 0 amide bonds. The molecule has 94 heavy (non-hydrogen) atoms. The van der Waals surface area contributed by atoms with Gasteiger partial charge in [0.05, 0.1) is 11.9 Å². The van der Waals surface area contributed by atoms with E-state index in [0.29, 0.717) is 38.2 Å². The van der Waals surface area contributed by atoms with Gasteiger partial charge in [0.25, 0.3) is 0 Å². The molecule has 6 heterocycles. The van der Waals surface area contributed by atoms with Crippen LogP contribution < -0.4 is 0 Å². The van der Waals surface area contributed by atoms with Gasteiger partial charge in [-0.25, -0.2) is 0 Å². The third-order valence-corrected chi connectivity index (χ3v) is 20.0. The van der Waals surface area contributed by atoms with E-state index >= 15 is 0 Å². The Balaban J connectivity index is 0.000000564. The van der Waals surface area contributed by atoms with Gasteiger partial charge in [-0.3, -0.25) is 24.0 Å². The largest absolute Gasteiger partial charge is 0.495 e. The number of hydrogen-bond acceptors (Lipinski definition) is 11. The molecule has 552 valence electrons. The van der Waals surface area contributed by atoms with E-state index in [0.717, 1.165) is 82.8 Å². The Labute approximate surface area is 580 Å². The first kappa shape index (κ1) is 88.9. The second-order valence-electron chi connectivity index (χ2n) is 29.7. The third kappa shape index (κ3) is 53.9. The van der Waals surface area contributed by atoms with Gasteiger partial charge in [0.1, 0.15) is 29.5 Å². The van der Waals surface area contributed by atoms with Gasteiger partial charge in [-0.05, 0) is 136 Å². The number of carbonyl (C=O) groups excluding carboxylic acids is 5. The van der Waals surface area contributed by atoms with E-state index in [-0.39, 0.29) is 59.4 Å². The lowest BCUT2D eigenvalue weighted by Gasteiger charge is -2.22. The monoisotopic (exact) mass is 1330 g/mol. The lowest BCUT2D eigenvalue weighted by molar-refractivity contribution is -0.154. The summed E-state index contributed by atoms with van der Waals surface area (Å²) in [7, 11) is 0. The minimum atomic E-state index is -0.138. The molecule has 0 aromatic heterocycles. The fourth-order valence-corrected chi connectivity index (χ4v) is 13.7. The fourth-order valence-electron chi connectivity index (χ4n) is 13.7. The van der Waals surface area contributed by atoms with E-state index in [2.05, 4.69) is 62.0 Å². The zero-order chi connectivity index (χ0) is 68.9. The number of allylic oxidation sites excluding steroid dienone is 1. The maximum Gasteiger partial charge on any atom is 0.306 e. The maximum atomic E-state index is 11.1. The van der Waals surface area contributed by atoms with Crippen LogP contribution >= 0.6 is 0 Å². The number of cyclic esters (lactones) is 5. The van der Waals surface area contributed by atoms with Crippen LogP contribution in [0.1, 0.15) is 453 Å². The van der Waals surface area contributed by atoms with Gasteiger partial charge in [0, 0.05) is 38.5 Å². The summed E-state index contributed by atoms with van der Waals surface area (Å²) in [5.74, 6) is 1.00. The Hall–Kier alpha value is -3.11. The van der Waals surface area contributed by atoms with Crippen LogP contribution in [0.2, 0.25) is 0 Å². The zero-order valence-corrected chi connectivity index (χ0v) is 63.3. The molecule has 6 saturated heterocycles. The Morgan fingerprint density at radius 3 is 0.777 bits per heavy atom. The summed E-state index contributed by atoms with van der Waals surface area (Å²) in [6.07, 6.45) is 76.8. The molecule has 6 aliphatic rings. The molecule has 0 spiro atoms. The Morgan fingerprint density at radius 2 is 0.532 bits per heavy atom. The van der Waals surface area contributed by atoms with E-state index in [1.165, 1.54) is 289 Å². The molecule has 6 fully saturated rings. The highest BCUT2D eigenvalue weighted by atomic mass is 16.6. The summed E-state index contributed by atoms with van der Waals surface area (Å²) in [5.41, 5.74) is -0.275. The molecule has 6 atom stereocenters. The topological polar surface area (TPSA) is 141 Å². The first-order valence-corrected chi connectivity index (χ1v) is 41.0. The van der Waals surface area contributed by atoms with Crippen LogP contribution in [0.3, 0.4) is 0 Å². The van der Waals surface area contributed by atoms with Crippen molar-refractivity contribution in [2.75, 3.05) is 0 Å². The minimum absolute atomic E-state index is 0.000910. The number of rotatable bonds is 49. The highest BCUT2D eigenvalue weighted by Crippen LogP contribution is 2.33. The van der Waals surface area contributed by atoms with E-state index in [1.807, 2.05) is 0 Å². The predicted molar refractivity (Wildman–Crippen MR) is 393 cm³/mol. The molecule has 0 aromatic carbocycles. The van der Waals surface area contributed by atoms with Crippen molar-refractivity contribution in [2.45, 2.75) is 489 Å². The molecule has 0 aromatic rings. The van der Waals surface area contributed by atoms with Crippen molar-refractivity contribution in [3.05, 3.63) is 12.3 Å². The Morgan fingerprint density at radius 1 is 0.287 bits per heavy atom.